The summed E-state index contributed by atoms with van der Waals surface area (Å²) in [5.74, 6) is 0.251. The molecule has 5 heteroatoms. The zero-order valence-electron chi connectivity index (χ0n) is 12.0. The average molecular weight is 285 g/mol. The molecule has 2 aromatic rings. The van der Waals surface area contributed by atoms with Gasteiger partial charge in [-0.1, -0.05) is 18.2 Å². The number of nitrogens with two attached hydrogens (primary N) is 1. The van der Waals surface area contributed by atoms with Crippen LogP contribution in [0.3, 0.4) is 0 Å². The van der Waals surface area contributed by atoms with Gasteiger partial charge in [0.25, 0.3) is 5.91 Å². The highest BCUT2D eigenvalue weighted by molar-refractivity contribution is 5.99. The molecular weight excluding hydrogens is 266 g/mol. The number of pyridine rings is 1. The van der Waals surface area contributed by atoms with E-state index in [1.807, 2.05) is 24.3 Å². The highest BCUT2D eigenvalue weighted by atomic mass is 16.3. The molecule has 0 aliphatic heterocycles. The number of benzene rings is 1. The van der Waals surface area contributed by atoms with E-state index in [9.17, 15) is 9.90 Å². The molecule has 5 nitrogen and oxygen atoms in total. The summed E-state index contributed by atoms with van der Waals surface area (Å²) in [7, 11) is 1.76. The van der Waals surface area contributed by atoms with E-state index < -0.39 is 0 Å². The SMILES string of the molecule is CN(CC1CC(O)C1)C(=O)c1cc(N)c2ccccc2n1. The molecule has 0 saturated heterocycles. The maximum atomic E-state index is 12.4. The van der Waals surface area contributed by atoms with Gasteiger partial charge in [-0.3, -0.25) is 4.79 Å². The van der Waals surface area contributed by atoms with Crippen LogP contribution in [-0.4, -0.2) is 40.6 Å². The summed E-state index contributed by atoms with van der Waals surface area (Å²) in [5.41, 5.74) is 7.67. The number of aliphatic hydroxyl groups excluding tert-OH is 1. The first kappa shape index (κ1) is 13.8. The molecule has 1 aromatic carbocycles. The van der Waals surface area contributed by atoms with E-state index in [0.717, 1.165) is 23.7 Å². The van der Waals surface area contributed by atoms with E-state index >= 15 is 0 Å². The van der Waals surface area contributed by atoms with Gasteiger partial charge in [0.2, 0.25) is 0 Å². The first-order valence-corrected chi connectivity index (χ1v) is 7.13. The van der Waals surface area contributed by atoms with Gasteiger partial charge in [-0.25, -0.2) is 4.98 Å². The molecule has 110 valence electrons. The van der Waals surface area contributed by atoms with Gasteiger partial charge in [0, 0.05) is 24.7 Å². The fraction of sp³-hybridized carbons (Fsp3) is 0.375. The number of amides is 1. The second kappa shape index (κ2) is 5.33. The van der Waals surface area contributed by atoms with Crippen LogP contribution in [0.25, 0.3) is 10.9 Å². The summed E-state index contributed by atoms with van der Waals surface area (Å²) < 4.78 is 0. The van der Waals surface area contributed by atoms with Gasteiger partial charge in [0.05, 0.1) is 11.6 Å². The molecule has 1 fully saturated rings. The smallest absolute Gasteiger partial charge is 0.272 e. The number of rotatable bonds is 3. The molecule has 1 heterocycles. The number of carbonyl (C=O) groups excluding carboxylic acids is 1. The van der Waals surface area contributed by atoms with Crippen LogP contribution in [-0.2, 0) is 0 Å². The Hall–Kier alpha value is -2.14. The summed E-state index contributed by atoms with van der Waals surface area (Å²) in [6.07, 6.45) is 1.34. The van der Waals surface area contributed by atoms with Gasteiger partial charge >= 0.3 is 0 Å². The molecule has 3 N–H and O–H groups in total. The van der Waals surface area contributed by atoms with Crippen molar-refractivity contribution in [3.63, 3.8) is 0 Å². The normalized spacial score (nSPS) is 21.0. The molecule has 21 heavy (non-hydrogen) atoms. The van der Waals surface area contributed by atoms with Gasteiger partial charge < -0.3 is 15.7 Å². The van der Waals surface area contributed by atoms with Crippen LogP contribution in [0.15, 0.2) is 30.3 Å². The molecule has 1 amide bonds. The van der Waals surface area contributed by atoms with Crippen LogP contribution in [0.1, 0.15) is 23.3 Å². The molecule has 0 spiro atoms. The molecular formula is C16H19N3O2. The number of nitrogen functional groups attached to an aromatic ring is 1. The average Bonchev–Trinajstić information content (AvgIpc) is 2.44. The predicted octanol–water partition coefficient (Wildman–Crippen LogP) is 1.66. The van der Waals surface area contributed by atoms with E-state index in [1.54, 1.807) is 18.0 Å². The minimum Gasteiger partial charge on any atom is -0.398 e. The zero-order valence-corrected chi connectivity index (χ0v) is 12.0. The van der Waals surface area contributed by atoms with Crippen LogP contribution in [0.4, 0.5) is 5.69 Å². The van der Waals surface area contributed by atoms with Crippen LogP contribution in [0.5, 0.6) is 0 Å². The van der Waals surface area contributed by atoms with Crippen LogP contribution >= 0.6 is 0 Å². The Bertz CT molecular complexity index is 680. The van der Waals surface area contributed by atoms with Gasteiger partial charge in [0.1, 0.15) is 5.69 Å². The van der Waals surface area contributed by atoms with Gasteiger partial charge in [0.15, 0.2) is 0 Å². The van der Waals surface area contributed by atoms with Crippen molar-refractivity contribution in [3.8, 4) is 0 Å². The van der Waals surface area contributed by atoms with Crippen LogP contribution in [0.2, 0.25) is 0 Å². The van der Waals surface area contributed by atoms with Crippen LogP contribution in [0, 0.1) is 5.92 Å². The summed E-state index contributed by atoms with van der Waals surface area (Å²) in [4.78, 5) is 18.5. The number of hydrogen-bond donors (Lipinski definition) is 2. The first-order valence-electron chi connectivity index (χ1n) is 7.13. The Kier molecular flexibility index (Phi) is 3.51. The highest BCUT2D eigenvalue weighted by Crippen LogP contribution is 2.28. The summed E-state index contributed by atoms with van der Waals surface area (Å²) in [6.45, 7) is 0.643. The maximum Gasteiger partial charge on any atom is 0.272 e. The number of anilines is 1. The molecule has 1 aliphatic rings. The molecule has 1 aliphatic carbocycles. The summed E-state index contributed by atoms with van der Waals surface area (Å²) >= 11 is 0. The van der Waals surface area contributed by atoms with E-state index in [1.165, 1.54) is 0 Å². The third-order valence-electron chi connectivity index (χ3n) is 4.06. The molecule has 0 radical (unpaired) electrons. The predicted molar refractivity (Wildman–Crippen MR) is 81.8 cm³/mol. The fourth-order valence-electron chi connectivity index (χ4n) is 2.83. The number of nitrogens with zero attached hydrogens (tertiary/aromatic N) is 2. The fourth-order valence-corrected chi connectivity index (χ4v) is 2.83. The van der Waals surface area contributed by atoms with Crippen molar-refractivity contribution in [2.75, 3.05) is 19.3 Å². The Morgan fingerprint density at radius 2 is 2.14 bits per heavy atom. The molecule has 1 saturated carbocycles. The molecule has 1 aromatic heterocycles. The molecule has 0 atom stereocenters. The number of aromatic nitrogens is 1. The Morgan fingerprint density at radius 3 is 2.86 bits per heavy atom. The van der Waals surface area contributed by atoms with E-state index in [0.29, 0.717) is 23.8 Å². The number of carbonyl (C=O) groups is 1. The van der Waals surface area contributed by atoms with Crippen molar-refractivity contribution < 1.29 is 9.90 Å². The largest absolute Gasteiger partial charge is 0.398 e. The Balaban J connectivity index is 1.80. The highest BCUT2D eigenvalue weighted by Gasteiger charge is 2.29. The summed E-state index contributed by atoms with van der Waals surface area (Å²) in [5, 5.41) is 10.2. The minimum atomic E-state index is -0.201. The lowest BCUT2D eigenvalue weighted by Crippen LogP contribution is -2.39. The Morgan fingerprint density at radius 1 is 1.43 bits per heavy atom. The lowest BCUT2D eigenvalue weighted by atomic mass is 9.82. The first-order chi connectivity index (χ1) is 10.0. The number of para-hydroxylation sites is 1. The van der Waals surface area contributed by atoms with Crippen molar-refractivity contribution in [2.24, 2.45) is 5.92 Å². The Labute approximate surface area is 123 Å². The van der Waals surface area contributed by atoms with Crippen molar-refractivity contribution in [1.82, 2.24) is 9.88 Å². The third kappa shape index (κ3) is 2.69. The minimum absolute atomic E-state index is 0.131. The maximum absolute atomic E-state index is 12.4. The second-order valence-electron chi connectivity index (χ2n) is 5.79. The van der Waals surface area contributed by atoms with E-state index in [-0.39, 0.29) is 12.0 Å². The van der Waals surface area contributed by atoms with Crippen molar-refractivity contribution >= 4 is 22.5 Å². The lowest BCUT2D eigenvalue weighted by Gasteiger charge is -2.34. The standard InChI is InChI=1S/C16H19N3O2/c1-19(9-10-6-11(20)7-10)16(21)15-8-13(17)12-4-2-3-5-14(12)18-15/h2-5,8,10-11,20H,6-7,9H2,1H3,(H2,17,18). The quantitative estimate of drug-likeness (QED) is 0.899. The zero-order chi connectivity index (χ0) is 15.0. The molecule has 0 bridgehead atoms. The molecule has 0 unspecified atom stereocenters. The van der Waals surface area contributed by atoms with Gasteiger partial charge in [-0.15, -0.1) is 0 Å². The monoisotopic (exact) mass is 285 g/mol. The van der Waals surface area contributed by atoms with Gasteiger partial charge in [-0.05, 0) is 30.9 Å². The summed E-state index contributed by atoms with van der Waals surface area (Å²) in [6, 6.07) is 9.16. The van der Waals surface area contributed by atoms with Crippen LogP contribution < -0.4 is 5.73 Å². The second-order valence-corrected chi connectivity index (χ2v) is 5.79. The number of aliphatic hydroxyl groups is 1. The number of fused-ring (bicyclic) bond motifs is 1. The van der Waals surface area contributed by atoms with E-state index in [2.05, 4.69) is 4.98 Å². The number of hydrogen-bond acceptors (Lipinski definition) is 4. The van der Waals surface area contributed by atoms with Crippen molar-refractivity contribution in [3.05, 3.63) is 36.0 Å². The lowest BCUT2D eigenvalue weighted by molar-refractivity contribution is 0.0264. The van der Waals surface area contributed by atoms with Crippen molar-refractivity contribution in [1.29, 1.82) is 0 Å². The van der Waals surface area contributed by atoms with Gasteiger partial charge in [-0.2, -0.15) is 0 Å². The van der Waals surface area contributed by atoms with E-state index in [4.69, 9.17) is 5.73 Å². The molecule has 3 rings (SSSR count). The van der Waals surface area contributed by atoms with Crippen molar-refractivity contribution in [2.45, 2.75) is 18.9 Å². The third-order valence-corrected chi connectivity index (χ3v) is 4.06. The topological polar surface area (TPSA) is 79.5 Å².